The fourth-order valence-electron chi connectivity index (χ4n) is 2.15. The van der Waals surface area contributed by atoms with Crippen LogP contribution in [0.3, 0.4) is 0 Å². The summed E-state index contributed by atoms with van der Waals surface area (Å²) in [6.07, 6.45) is 5.60. The summed E-state index contributed by atoms with van der Waals surface area (Å²) in [5.74, 6) is -0.404. The molecular weight excluding hydrogens is 310 g/mol. The lowest BCUT2D eigenvalue weighted by Crippen LogP contribution is -2.27. The topological polar surface area (TPSA) is 92.7 Å². The van der Waals surface area contributed by atoms with Crippen LogP contribution in [0.1, 0.15) is 62.2 Å². The first-order chi connectivity index (χ1) is 11.5. The van der Waals surface area contributed by atoms with Gasteiger partial charge in [0.1, 0.15) is 11.5 Å². The zero-order valence-electron chi connectivity index (χ0n) is 14.0. The number of hydrogen-bond donors (Lipinski definition) is 2. The maximum absolute atomic E-state index is 11.6. The van der Waals surface area contributed by atoms with E-state index < -0.39 is 12.1 Å². The number of ether oxygens (including phenoxy) is 1. The summed E-state index contributed by atoms with van der Waals surface area (Å²) in [5, 5.41) is 11.4. The second kappa shape index (κ2) is 11.2. The molecule has 0 saturated carbocycles. The number of aromatic carboxylic acids is 1. The van der Waals surface area contributed by atoms with Gasteiger partial charge >= 0.3 is 12.1 Å². The Balaban J connectivity index is 2.07. The Morgan fingerprint density at radius 3 is 2.25 bits per heavy atom. The smallest absolute Gasteiger partial charge is 0.412 e. The van der Waals surface area contributed by atoms with Crippen molar-refractivity contribution in [3.63, 3.8) is 0 Å². The number of carbonyl (C=O) groups is 3. The van der Waals surface area contributed by atoms with Gasteiger partial charge in [0, 0.05) is 19.4 Å². The lowest BCUT2D eigenvalue weighted by atomic mass is 10.1. The summed E-state index contributed by atoms with van der Waals surface area (Å²) >= 11 is 0. The van der Waals surface area contributed by atoms with E-state index >= 15 is 0 Å². The molecule has 0 aliphatic rings. The number of rotatable bonds is 11. The van der Waals surface area contributed by atoms with E-state index in [0.29, 0.717) is 30.9 Å². The lowest BCUT2D eigenvalue weighted by molar-refractivity contribution is -0.118. The van der Waals surface area contributed by atoms with Crippen LogP contribution >= 0.6 is 0 Å². The number of hydrogen-bond acceptors (Lipinski definition) is 4. The van der Waals surface area contributed by atoms with Crippen molar-refractivity contribution in [2.24, 2.45) is 0 Å². The van der Waals surface area contributed by atoms with E-state index in [4.69, 9.17) is 9.84 Å². The molecule has 24 heavy (non-hydrogen) atoms. The zero-order chi connectivity index (χ0) is 17.8. The molecule has 0 spiro atoms. The van der Waals surface area contributed by atoms with E-state index in [1.165, 1.54) is 24.3 Å². The average molecular weight is 335 g/mol. The van der Waals surface area contributed by atoms with E-state index in [0.717, 1.165) is 32.1 Å². The number of Topliss-reactive ketones (excluding diaryl/α,β-unsaturated/α-hetero) is 1. The number of carboxylic acids is 1. The SMILES string of the molecule is CCC(=O)CCCCCCCNC(=O)Oc1ccc(C(=O)O)cc1. The van der Waals surface area contributed by atoms with Gasteiger partial charge in [0.25, 0.3) is 0 Å². The first-order valence-electron chi connectivity index (χ1n) is 8.33. The number of benzene rings is 1. The van der Waals surface area contributed by atoms with Crippen molar-refractivity contribution in [1.29, 1.82) is 0 Å². The minimum atomic E-state index is -1.02. The predicted octanol–water partition coefficient (Wildman–Crippen LogP) is 3.79. The Morgan fingerprint density at radius 2 is 1.62 bits per heavy atom. The van der Waals surface area contributed by atoms with Crippen molar-refractivity contribution in [2.75, 3.05) is 6.54 Å². The molecule has 0 atom stereocenters. The summed E-state index contributed by atoms with van der Waals surface area (Å²) in [6, 6.07) is 5.66. The van der Waals surface area contributed by atoms with E-state index in [2.05, 4.69) is 5.32 Å². The molecule has 2 N–H and O–H groups in total. The van der Waals surface area contributed by atoms with Crippen molar-refractivity contribution in [3.8, 4) is 5.75 Å². The van der Waals surface area contributed by atoms with Gasteiger partial charge in [0.15, 0.2) is 0 Å². The standard InChI is InChI=1S/C18H25NO5/c1-2-15(20)8-6-4-3-5-7-13-19-18(23)24-16-11-9-14(10-12-16)17(21)22/h9-12H,2-8,13H2,1H3,(H,19,23)(H,21,22). The Kier molecular flexibility index (Phi) is 9.19. The lowest BCUT2D eigenvalue weighted by Gasteiger charge is -2.07. The highest BCUT2D eigenvalue weighted by Gasteiger charge is 2.06. The molecule has 0 unspecified atom stereocenters. The van der Waals surface area contributed by atoms with Gasteiger partial charge in [-0.15, -0.1) is 0 Å². The minimum absolute atomic E-state index is 0.142. The maximum atomic E-state index is 11.6. The van der Waals surface area contributed by atoms with Crippen LogP contribution in [-0.4, -0.2) is 29.5 Å². The molecule has 6 nitrogen and oxygen atoms in total. The molecule has 1 rings (SSSR count). The quantitative estimate of drug-likeness (QED) is 0.600. The van der Waals surface area contributed by atoms with E-state index in [9.17, 15) is 14.4 Å². The molecule has 0 aromatic heterocycles. The Bertz CT molecular complexity index is 539. The summed E-state index contributed by atoms with van der Waals surface area (Å²) in [7, 11) is 0. The van der Waals surface area contributed by atoms with Crippen LogP contribution in [0, 0.1) is 0 Å². The Hall–Kier alpha value is -2.37. The van der Waals surface area contributed by atoms with Gasteiger partial charge in [-0.05, 0) is 37.1 Å². The van der Waals surface area contributed by atoms with Gasteiger partial charge in [-0.3, -0.25) is 4.79 Å². The zero-order valence-corrected chi connectivity index (χ0v) is 14.0. The third-order valence-corrected chi connectivity index (χ3v) is 3.61. The van der Waals surface area contributed by atoms with Crippen molar-refractivity contribution < 1.29 is 24.2 Å². The van der Waals surface area contributed by atoms with Gasteiger partial charge in [0.05, 0.1) is 5.56 Å². The summed E-state index contributed by atoms with van der Waals surface area (Å²) in [5.41, 5.74) is 0.142. The first kappa shape index (κ1) is 19.7. The average Bonchev–Trinajstić information content (AvgIpc) is 2.57. The summed E-state index contributed by atoms with van der Waals surface area (Å²) < 4.78 is 5.05. The molecule has 1 aromatic carbocycles. The third-order valence-electron chi connectivity index (χ3n) is 3.61. The number of carbonyl (C=O) groups excluding carboxylic acids is 2. The highest BCUT2D eigenvalue weighted by atomic mass is 16.6. The molecule has 0 saturated heterocycles. The molecule has 132 valence electrons. The van der Waals surface area contributed by atoms with Crippen molar-refractivity contribution in [2.45, 2.75) is 51.9 Å². The molecule has 0 fully saturated rings. The summed E-state index contributed by atoms with van der Waals surface area (Å²) in [4.78, 5) is 33.4. The van der Waals surface area contributed by atoms with E-state index in [1.807, 2.05) is 6.92 Å². The van der Waals surface area contributed by atoms with Crippen molar-refractivity contribution in [1.82, 2.24) is 5.32 Å². The molecule has 1 amide bonds. The highest BCUT2D eigenvalue weighted by molar-refractivity contribution is 5.87. The Labute approximate surface area is 142 Å². The van der Waals surface area contributed by atoms with Gasteiger partial charge in [0.2, 0.25) is 0 Å². The molecule has 0 radical (unpaired) electrons. The molecule has 0 heterocycles. The maximum Gasteiger partial charge on any atom is 0.412 e. The number of unbranched alkanes of at least 4 members (excludes halogenated alkanes) is 4. The number of ketones is 1. The van der Waals surface area contributed by atoms with Crippen molar-refractivity contribution in [3.05, 3.63) is 29.8 Å². The molecule has 1 aromatic rings. The van der Waals surface area contributed by atoms with Gasteiger partial charge < -0.3 is 15.2 Å². The second-order valence-corrected chi connectivity index (χ2v) is 5.56. The molecular formula is C18H25NO5. The fraction of sp³-hybridized carbons (Fsp3) is 0.500. The molecule has 0 aliphatic carbocycles. The first-order valence-corrected chi connectivity index (χ1v) is 8.33. The van der Waals surface area contributed by atoms with Gasteiger partial charge in [-0.2, -0.15) is 0 Å². The highest BCUT2D eigenvalue weighted by Crippen LogP contribution is 2.12. The second-order valence-electron chi connectivity index (χ2n) is 5.56. The van der Waals surface area contributed by atoms with Crippen LogP contribution in [-0.2, 0) is 4.79 Å². The monoisotopic (exact) mass is 335 g/mol. The van der Waals surface area contributed by atoms with Crippen LogP contribution in [0.15, 0.2) is 24.3 Å². The molecule has 6 heteroatoms. The van der Waals surface area contributed by atoms with Crippen LogP contribution in [0.5, 0.6) is 5.75 Å². The largest absolute Gasteiger partial charge is 0.478 e. The number of carboxylic acid groups (broad SMARTS) is 1. The predicted molar refractivity (Wildman–Crippen MR) is 90.4 cm³/mol. The minimum Gasteiger partial charge on any atom is -0.478 e. The van der Waals surface area contributed by atoms with Crippen LogP contribution in [0.4, 0.5) is 4.79 Å². The van der Waals surface area contributed by atoms with Gasteiger partial charge in [-0.25, -0.2) is 9.59 Å². The van der Waals surface area contributed by atoms with Gasteiger partial charge in [-0.1, -0.05) is 26.2 Å². The third kappa shape index (κ3) is 8.31. The number of nitrogens with one attached hydrogen (secondary N) is 1. The number of amides is 1. The van der Waals surface area contributed by atoms with Crippen LogP contribution in [0.25, 0.3) is 0 Å². The molecule has 0 aliphatic heterocycles. The van der Waals surface area contributed by atoms with E-state index in [1.54, 1.807) is 0 Å². The van der Waals surface area contributed by atoms with Crippen LogP contribution in [0.2, 0.25) is 0 Å². The van der Waals surface area contributed by atoms with Crippen LogP contribution < -0.4 is 10.1 Å². The van der Waals surface area contributed by atoms with Crippen molar-refractivity contribution >= 4 is 17.8 Å². The summed E-state index contributed by atoms with van der Waals surface area (Å²) in [6.45, 7) is 2.41. The Morgan fingerprint density at radius 1 is 1.00 bits per heavy atom. The fourth-order valence-corrected chi connectivity index (χ4v) is 2.15. The van der Waals surface area contributed by atoms with E-state index in [-0.39, 0.29) is 5.56 Å². The normalized spacial score (nSPS) is 10.2. The molecule has 0 bridgehead atoms.